The third-order valence-corrected chi connectivity index (χ3v) is 5.97. The summed E-state index contributed by atoms with van der Waals surface area (Å²) in [6, 6.07) is -0.0648. The van der Waals surface area contributed by atoms with Crippen molar-refractivity contribution in [2.24, 2.45) is 7.05 Å². The zero-order valence-electron chi connectivity index (χ0n) is 14.0. The van der Waals surface area contributed by atoms with Gasteiger partial charge in [0.05, 0.1) is 0 Å². The average Bonchev–Trinajstić information content (AvgIpc) is 3.09. The molecule has 3 rings (SSSR count). The minimum Gasteiger partial charge on any atom is -0.350 e. The number of aryl methyl sites for hydroxylation is 1. The second-order valence-electron chi connectivity index (χ2n) is 6.44. The van der Waals surface area contributed by atoms with Crippen LogP contribution in [0.15, 0.2) is 17.2 Å². The maximum Gasteiger partial charge on any atom is 0.315 e. The van der Waals surface area contributed by atoms with Crippen LogP contribution in [-0.4, -0.2) is 52.3 Å². The van der Waals surface area contributed by atoms with Gasteiger partial charge in [-0.3, -0.25) is 4.79 Å². The van der Waals surface area contributed by atoms with E-state index in [1.54, 1.807) is 19.4 Å². The summed E-state index contributed by atoms with van der Waals surface area (Å²) in [6.45, 7) is 2.15. The van der Waals surface area contributed by atoms with Crippen molar-refractivity contribution in [3.05, 3.63) is 22.7 Å². The summed E-state index contributed by atoms with van der Waals surface area (Å²) < 4.78 is 1.53. The molecule has 2 fully saturated rings. The minimum atomic E-state index is -0.108. The molecule has 24 heavy (non-hydrogen) atoms. The molecule has 0 aliphatic carbocycles. The molecule has 0 unspecified atom stereocenters. The van der Waals surface area contributed by atoms with Gasteiger partial charge in [0, 0.05) is 50.4 Å². The highest BCUT2D eigenvalue weighted by Gasteiger charge is 2.24. The van der Waals surface area contributed by atoms with E-state index in [0.29, 0.717) is 17.6 Å². The van der Waals surface area contributed by atoms with Crippen molar-refractivity contribution in [3.8, 4) is 0 Å². The number of hydrogen-bond donors (Lipinski definition) is 2. The summed E-state index contributed by atoms with van der Waals surface area (Å²) in [6.07, 6.45) is 7.58. The Morgan fingerprint density at radius 1 is 1.42 bits per heavy atom. The number of piperidine rings is 1. The van der Waals surface area contributed by atoms with Gasteiger partial charge in [0.15, 0.2) is 5.82 Å². The number of thioether (sulfide) groups is 1. The molecule has 132 valence electrons. The molecule has 2 amide bonds. The molecular formula is C16H25N5O2S. The van der Waals surface area contributed by atoms with Crippen molar-refractivity contribution in [1.29, 1.82) is 0 Å². The largest absolute Gasteiger partial charge is 0.350 e. The number of rotatable bonds is 4. The molecule has 0 spiro atoms. The number of anilines is 1. The highest BCUT2D eigenvalue weighted by atomic mass is 32.2. The normalized spacial score (nSPS) is 24.0. The SMILES string of the molecule is Cn1ccnc(N2CCC[C@@H](NC(=O)NC[C@H]3CCCS3)C2)c1=O. The predicted octanol–water partition coefficient (Wildman–Crippen LogP) is 0.944. The highest BCUT2D eigenvalue weighted by Crippen LogP contribution is 2.25. The van der Waals surface area contributed by atoms with E-state index in [-0.39, 0.29) is 17.6 Å². The maximum atomic E-state index is 12.2. The number of carbonyl (C=O) groups is 1. The van der Waals surface area contributed by atoms with Gasteiger partial charge in [0.1, 0.15) is 0 Å². The second kappa shape index (κ2) is 7.92. The zero-order valence-corrected chi connectivity index (χ0v) is 14.8. The van der Waals surface area contributed by atoms with Gasteiger partial charge < -0.3 is 20.1 Å². The van der Waals surface area contributed by atoms with Gasteiger partial charge in [-0.15, -0.1) is 0 Å². The molecule has 0 aromatic carbocycles. The number of hydrogen-bond acceptors (Lipinski definition) is 5. The number of aromatic nitrogens is 2. The quantitative estimate of drug-likeness (QED) is 0.844. The van der Waals surface area contributed by atoms with E-state index in [0.717, 1.165) is 25.9 Å². The van der Waals surface area contributed by atoms with E-state index >= 15 is 0 Å². The van der Waals surface area contributed by atoms with Crippen LogP contribution in [0.4, 0.5) is 10.6 Å². The number of urea groups is 1. The summed E-state index contributed by atoms with van der Waals surface area (Å²) in [5.74, 6) is 1.67. The Morgan fingerprint density at radius 2 is 2.29 bits per heavy atom. The first-order valence-electron chi connectivity index (χ1n) is 8.56. The van der Waals surface area contributed by atoms with E-state index in [2.05, 4.69) is 15.6 Å². The van der Waals surface area contributed by atoms with Crippen molar-refractivity contribution in [3.63, 3.8) is 0 Å². The van der Waals surface area contributed by atoms with Crippen LogP contribution >= 0.6 is 11.8 Å². The van der Waals surface area contributed by atoms with Crippen LogP contribution in [0.5, 0.6) is 0 Å². The molecule has 8 heteroatoms. The molecule has 0 bridgehead atoms. The molecular weight excluding hydrogens is 326 g/mol. The molecule has 2 atom stereocenters. The van der Waals surface area contributed by atoms with Gasteiger partial charge in [-0.05, 0) is 31.4 Å². The molecule has 2 N–H and O–H groups in total. The molecule has 2 aliphatic heterocycles. The molecule has 7 nitrogen and oxygen atoms in total. The number of nitrogens with one attached hydrogen (secondary N) is 2. The molecule has 2 saturated heterocycles. The van der Waals surface area contributed by atoms with E-state index in [9.17, 15) is 9.59 Å². The number of nitrogens with zero attached hydrogens (tertiary/aromatic N) is 3. The fraction of sp³-hybridized carbons (Fsp3) is 0.688. The first kappa shape index (κ1) is 17.1. The smallest absolute Gasteiger partial charge is 0.315 e. The number of carbonyl (C=O) groups excluding carboxylic acids is 1. The predicted molar refractivity (Wildman–Crippen MR) is 96.7 cm³/mol. The summed E-state index contributed by atoms with van der Waals surface area (Å²) >= 11 is 1.93. The summed E-state index contributed by atoms with van der Waals surface area (Å²) in [7, 11) is 1.72. The third kappa shape index (κ3) is 4.23. The van der Waals surface area contributed by atoms with Crippen LogP contribution in [0.3, 0.4) is 0 Å². The maximum absolute atomic E-state index is 12.2. The zero-order chi connectivity index (χ0) is 16.9. The Kier molecular flexibility index (Phi) is 5.65. The van der Waals surface area contributed by atoms with E-state index < -0.39 is 0 Å². The van der Waals surface area contributed by atoms with Crippen molar-refractivity contribution in [1.82, 2.24) is 20.2 Å². The monoisotopic (exact) mass is 351 g/mol. The lowest BCUT2D eigenvalue weighted by molar-refractivity contribution is 0.235. The van der Waals surface area contributed by atoms with E-state index in [1.807, 2.05) is 16.7 Å². The Morgan fingerprint density at radius 3 is 3.08 bits per heavy atom. The lowest BCUT2D eigenvalue weighted by Crippen LogP contribution is -2.52. The van der Waals surface area contributed by atoms with Gasteiger partial charge in [-0.1, -0.05) is 0 Å². The first-order chi connectivity index (χ1) is 11.6. The van der Waals surface area contributed by atoms with Crippen LogP contribution in [0, 0.1) is 0 Å². The van der Waals surface area contributed by atoms with Crippen molar-refractivity contribution in [2.45, 2.75) is 37.0 Å². The summed E-state index contributed by atoms with van der Waals surface area (Å²) in [4.78, 5) is 30.5. The topological polar surface area (TPSA) is 79.3 Å². The Hall–Kier alpha value is -1.70. The van der Waals surface area contributed by atoms with Crippen LogP contribution < -0.4 is 21.1 Å². The van der Waals surface area contributed by atoms with Crippen molar-refractivity contribution >= 4 is 23.6 Å². The summed E-state index contributed by atoms with van der Waals surface area (Å²) in [5.41, 5.74) is -0.0964. The molecule has 1 aromatic rings. The van der Waals surface area contributed by atoms with E-state index in [1.165, 1.54) is 23.2 Å². The molecule has 0 radical (unpaired) electrons. The van der Waals surface area contributed by atoms with Gasteiger partial charge in [0.2, 0.25) is 0 Å². The van der Waals surface area contributed by atoms with Gasteiger partial charge in [0.25, 0.3) is 5.56 Å². The van der Waals surface area contributed by atoms with E-state index in [4.69, 9.17) is 0 Å². The Balaban J connectivity index is 1.52. The average molecular weight is 351 g/mol. The van der Waals surface area contributed by atoms with Gasteiger partial charge >= 0.3 is 6.03 Å². The Bertz CT molecular complexity index is 629. The first-order valence-corrected chi connectivity index (χ1v) is 9.61. The molecule has 3 heterocycles. The van der Waals surface area contributed by atoms with Crippen molar-refractivity contribution in [2.75, 3.05) is 30.3 Å². The lowest BCUT2D eigenvalue weighted by Gasteiger charge is -2.33. The fourth-order valence-electron chi connectivity index (χ4n) is 3.24. The third-order valence-electron chi connectivity index (χ3n) is 4.57. The molecule has 2 aliphatic rings. The van der Waals surface area contributed by atoms with Crippen LogP contribution in [0.25, 0.3) is 0 Å². The number of amides is 2. The lowest BCUT2D eigenvalue weighted by atomic mass is 10.1. The standard InChI is InChI=1S/C16H25N5O2S/c1-20-8-6-17-14(15(20)22)21-7-2-4-12(11-21)19-16(23)18-10-13-5-3-9-24-13/h6,8,12-13H,2-5,7,9-11H2,1H3,(H2,18,19,23)/t12-,13-/m1/s1. The molecule has 0 saturated carbocycles. The van der Waals surface area contributed by atoms with Gasteiger partial charge in [-0.2, -0.15) is 11.8 Å². The summed E-state index contributed by atoms with van der Waals surface area (Å²) in [5, 5.41) is 6.57. The van der Waals surface area contributed by atoms with Gasteiger partial charge in [-0.25, -0.2) is 9.78 Å². The highest BCUT2D eigenvalue weighted by molar-refractivity contribution is 8.00. The minimum absolute atomic E-state index is 0.0432. The molecule has 1 aromatic heterocycles. The Labute approximate surface area is 146 Å². The van der Waals surface area contributed by atoms with Crippen LogP contribution in [-0.2, 0) is 7.05 Å². The van der Waals surface area contributed by atoms with Crippen molar-refractivity contribution < 1.29 is 4.79 Å². The van der Waals surface area contributed by atoms with Crippen LogP contribution in [0.2, 0.25) is 0 Å². The second-order valence-corrected chi connectivity index (χ2v) is 7.85. The van der Waals surface area contributed by atoms with Crippen LogP contribution in [0.1, 0.15) is 25.7 Å². The fourth-order valence-corrected chi connectivity index (χ4v) is 4.44.